The highest BCUT2D eigenvalue weighted by Gasteiger charge is 2.26. The molecule has 0 amide bonds. The molecule has 8 heteroatoms. The van der Waals surface area contributed by atoms with E-state index in [1.807, 2.05) is 11.0 Å². The van der Waals surface area contributed by atoms with Crippen molar-refractivity contribution in [3.05, 3.63) is 48.0 Å². The number of primary sulfonamides is 1. The summed E-state index contributed by atoms with van der Waals surface area (Å²) in [6, 6.07) is 11.3. The molecule has 0 atom stereocenters. The summed E-state index contributed by atoms with van der Waals surface area (Å²) in [5.41, 5.74) is 0.266. The molecular weight excluding hydrogens is 392 g/mol. The van der Waals surface area contributed by atoms with Crippen LogP contribution in [0.1, 0.15) is 49.9 Å². The molecule has 2 rings (SSSR count). The first-order valence-electron chi connectivity index (χ1n) is 9.69. The third-order valence-corrected chi connectivity index (χ3v) is 5.37. The number of nitrogens with zero attached hydrogens (tertiary/aromatic N) is 1. The van der Waals surface area contributed by atoms with Crippen LogP contribution >= 0.6 is 0 Å². The highest BCUT2D eigenvalue weighted by molar-refractivity contribution is 7.89. The minimum absolute atomic E-state index is 0.0518. The van der Waals surface area contributed by atoms with Gasteiger partial charge in [-0.3, -0.25) is 0 Å². The van der Waals surface area contributed by atoms with E-state index in [0.29, 0.717) is 24.5 Å². The molecule has 29 heavy (non-hydrogen) atoms. The largest absolute Gasteiger partial charge is 0.478 e. The maximum absolute atomic E-state index is 12.3. The highest BCUT2D eigenvalue weighted by Crippen LogP contribution is 2.39. The Bertz CT molecular complexity index is 922. The number of carboxylic acid groups (broad SMARTS) is 1. The van der Waals surface area contributed by atoms with Crippen molar-refractivity contribution in [2.24, 2.45) is 5.14 Å². The van der Waals surface area contributed by atoms with Gasteiger partial charge in [0.25, 0.3) is 0 Å². The van der Waals surface area contributed by atoms with Crippen LogP contribution in [-0.2, 0) is 10.0 Å². The molecule has 0 heterocycles. The van der Waals surface area contributed by atoms with Crippen molar-refractivity contribution in [2.45, 2.75) is 44.4 Å². The summed E-state index contributed by atoms with van der Waals surface area (Å²) in [5, 5.41) is 14.9. The molecule has 0 radical (unpaired) electrons. The van der Waals surface area contributed by atoms with Gasteiger partial charge in [-0.2, -0.15) is 0 Å². The van der Waals surface area contributed by atoms with E-state index in [9.17, 15) is 18.3 Å². The lowest BCUT2D eigenvalue weighted by molar-refractivity contribution is 0.0696. The Labute approximate surface area is 172 Å². The molecule has 0 bridgehead atoms. The molecule has 0 aliphatic rings. The molecule has 0 aliphatic carbocycles. The second-order valence-electron chi connectivity index (χ2n) is 6.78. The topological polar surface area (TPSA) is 110 Å². The summed E-state index contributed by atoms with van der Waals surface area (Å²) in [6.07, 6.45) is 3.63. The van der Waals surface area contributed by atoms with Crippen molar-refractivity contribution in [3.63, 3.8) is 0 Å². The first kappa shape index (κ1) is 22.7. The van der Waals surface area contributed by atoms with Crippen LogP contribution in [0.3, 0.4) is 0 Å². The van der Waals surface area contributed by atoms with Gasteiger partial charge in [0.05, 0.1) is 11.3 Å². The van der Waals surface area contributed by atoms with Crippen molar-refractivity contribution in [1.29, 1.82) is 0 Å². The molecule has 158 valence electrons. The fourth-order valence-electron chi connectivity index (χ4n) is 2.92. The Morgan fingerprint density at radius 2 is 1.66 bits per heavy atom. The van der Waals surface area contributed by atoms with Gasteiger partial charge >= 0.3 is 5.97 Å². The van der Waals surface area contributed by atoms with Crippen LogP contribution in [0.2, 0.25) is 0 Å². The zero-order valence-electron chi connectivity index (χ0n) is 16.8. The number of para-hydroxylation sites is 1. The van der Waals surface area contributed by atoms with Crippen molar-refractivity contribution < 1.29 is 23.1 Å². The number of hydrogen-bond acceptors (Lipinski definition) is 5. The molecule has 0 aliphatic heterocycles. The maximum atomic E-state index is 12.3. The first-order valence-corrected chi connectivity index (χ1v) is 11.2. The average molecular weight is 421 g/mol. The molecule has 0 spiro atoms. The number of aromatic carboxylic acids is 1. The smallest absolute Gasteiger partial charge is 0.335 e. The number of nitrogens with two attached hydrogens (primary N) is 1. The molecule has 0 saturated carbocycles. The van der Waals surface area contributed by atoms with E-state index in [1.54, 1.807) is 24.3 Å². The van der Waals surface area contributed by atoms with Gasteiger partial charge in [-0.1, -0.05) is 44.9 Å². The zero-order valence-corrected chi connectivity index (χ0v) is 17.6. The predicted molar refractivity (Wildman–Crippen MR) is 113 cm³/mol. The highest BCUT2D eigenvalue weighted by atomic mass is 32.2. The minimum Gasteiger partial charge on any atom is -0.478 e. The van der Waals surface area contributed by atoms with Gasteiger partial charge in [-0.25, -0.2) is 18.4 Å². The van der Waals surface area contributed by atoms with Gasteiger partial charge in [0.15, 0.2) is 5.75 Å². The van der Waals surface area contributed by atoms with Crippen LogP contribution in [0.4, 0.5) is 5.69 Å². The van der Waals surface area contributed by atoms with E-state index >= 15 is 0 Å². The monoisotopic (exact) mass is 420 g/mol. The number of rotatable bonds is 11. The lowest BCUT2D eigenvalue weighted by atomic mass is 10.1. The normalized spacial score (nSPS) is 11.3. The summed E-state index contributed by atoms with van der Waals surface area (Å²) in [6.45, 7) is 5.41. The van der Waals surface area contributed by atoms with E-state index in [2.05, 4.69) is 13.8 Å². The van der Waals surface area contributed by atoms with Crippen molar-refractivity contribution >= 4 is 21.7 Å². The number of anilines is 1. The van der Waals surface area contributed by atoms with Gasteiger partial charge < -0.3 is 14.7 Å². The zero-order chi connectivity index (χ0) is 21.4. The predicted octanol–water partition coefficient (Wildman–Crippen LogP) is 4.23. The van der Waals surface area contributed by atoms with E-state index < -0.39 is 16.0 Å². The van der Waals surface area contributed by atoms with Crippen molar-refractivity contribution in [2.75, 3.05) is 18.0 Å². The van der Waals surface area contributed by atoms with Gasteiger partial charge in [0.2, 0.25) is 10.0 Å². The number of carbonyl (C=O) groups is 1. The Kier molecular flexibility index (Phi) is 8.04. The van der Waals surface area contributed by atoms with Gasteiger partial charge in [-0.05, 0) is 37.1 Å². The first-order chi connectivity index (χ1) is 13.8. The van der Waals surface area contributed by atoms with Gasteiger partial charge in [0, 0.05) is 13.1 Å². The number of carboxylic acids is 1. The Morgan fingerprint density at radius 3 is 2.14 bits per heavy atom. The van der Waals surface area contributed by atoms with Crippen LogP contribution in [0.25, 0.3) is 0 Å². The van der Waals surface area contributed by atoms with E-state index in [1.165, 1.54) is 6.07 Å². The molecule has 0 fully saturated rings. The second kappa shape index (κ2) is 10.3. The Morgan fingerprint density at radius 1 is 1.07 bits per heavy atom. The SMILES string of the molecule is CCCCN(CCCC)c1cc(C(=O)O)cc(S(N)(=O)=O)c1Oc1ccccc1. The van der Waals surface area contributed by atoms with Crippen LogP contribution in [0.15, 0.2) is 47.4 Å². The summed E-state index contributed by atoms with van der Waals surface area (Å²) >= 11 is 0. The molecular formula is C21H28N2O5S. The number of sulfonamides is 1. The fraction of sp³-hybridized carbons (Fsp3) is 0.381. The van der Waals surface area contributed by atoms with E-state index in [4.69, 9.17) is 9.88 Å². The molecule has 2 aromatic rings. The van der Waals surface area contributed by atoms with Crippen LogP contribution in [-0.4, -0.2) is 32.6 Å². The van der Waals surface area contributed by atoms with Crippen LogP contribution < -0.4 is 14.8 Å². The van der Waals surface area contributed by atoms with Gasteiger partial charge in [-0.15, -0.1) is 0 Å². The standard InChI is InChI=1S/C21H28N2O5S/c1-3-5-12-23(13-6-4-2)18-14-16(21(24)25)15-19(29(22,26)27)20(18)28-17-10-8-7-9-11-17/h7-11,14-15H,3-6,12-13H2,1-2H3,(H,24,25)(H2,22,26,27). The number of ether oxygens (including phenoxy) is 1. The lowest BCUT2D eigenvalue weighted by Crippen LogP contribution is -2.27. The molecule has 0 aromatic heterocycles. The third kappa shape index (κ3) is 6.20. The summed E-state index contributed by atoms with van der Waals surface area (Å²) in [4.78, 5) is 13.3. The van der Waals surface area contributed by atoms with Crippen LogP contribution in [0, 0.1) is 0 Å². The minimum atomic E-state index is -4.22. The lowest BCUT2D eigenvalue weighted by Gasteiger charge is -2.28. The average Bonchev–Trinajstić information content (AvgIpc) is 2.68. The van der Waals surface area contributed by atoms with Gasteiger partial charge in [0.1, 0.15) is 10.6 Å². The third-order valence-electron chi connectivity index (χ3n) is 4.46. The van der Waals surface area contributed by atoms with E-state index in [0.717, 1.165) is 31.7 Å². The summed E-state index contributed by atoms with van der Waals surface area (Å²) < 4.78 is 30.6. The van der Waals surface area contributed by atoms with Crippen molar-refractivity contribution in [3.8, 4) is 11.5 Å². The molecule has 2 aromatic carbocycles. The molecule has 3 N–H and O–H groups in total. The fourth-order valence-corrected chi connectivity index (χ4v) is 3.61. The molecule has 0 unspecified atom stereocenters. The molecule has 0 saturated heterocycles. The summed E-state index contributed by atoms with van der Waals surface area (Å²) in [7, 11) is -4.22. The second-order valence-corrected chi connectivity index (χ2v) is 8.31. The number of unbranched alkanes of at least 4 members (excludes halogenated alkanes) is 2. The van der Waals surface area contributed by atoms with E-state index in [-0.39, 0.29) is 16.2 Å². The Balaban J connectivity index is 2.71. The Hall–Kier alpha value is -2.58. The maximum Gasteiger partial charge on any atom is 0.335 e. The van der Waals surface area contributed by atoms with Crippen LogP contribution in [0.5, 0.6) is 11.5 Å². The van der Waals surface area contributed by atoms with Crippen molar-refractivity contribution in [1.82, 2.24) is 0 Å². The summed E-state index contributed by atoms with van der Waals surface area (Å²) in [5.74, 6) is -0.739. The quantitative estimate of drug-likeness (QED) is 0.563. The molecule has 7 nitrogen and oxygen atoms in total. The number of hydrogen-bond donors (Lipinski definition) is 2. The number of benzene rings is 2.